The number of amides is 2. The lowest BCUT2D eigenvalue weighted by Gasteiger charge is -2.28. The first-order chi connectivity index (χ1) is 7.56. The fourth-order valence-corrected chi connectivity index (χ4v) is 2.35. The van der Waals surface area contributed by atoms with Crippen LogP contribution in [0.25, 0.3) is 0 Å². The third kappa shape index (κ3) is 3.38. The van der Waals surface area contributed by atoms with Gasteiger partial charge in [-0.1, -0.05) is 11.8 Å². The van der Waals surface area contributed by atoms with E-state index in [9.17, 15) is 9.59 Å². The number of thioether (sulfide) groups is 1. The van der Waals surface area contributed by atoms with E-state index in [1.807, 2.05) is 13.8 Å². The maximum atomic E-state index is 12.1. The number of nitrogens with zero attached hydrogens (tertiary/aromatic N) is 1. The normalized spacial score (nSPS) is 20.0. The van der Waals surface area contributed by atoms with E-state index in [1.54, 1.807) is 4.90 Å². The molecule has 0 aromatic rings. The molecule has 0 bridgehead atoms. The maximum Gasteiger partial charge on any atom is 0.279 e. The molecule has 1 unspecified atom stereocenters. The lowest BCUT2D eigenvalue weighted by molar-refractivity contribution is -0.134. The van der Waals surface area contributed by atoms with E-state index in [-0.39, 0.29) is 23.8 Å². The molecule has 1 saturated heterocycles. The Hall–Kier alpha value is -0.750. The molecule has 5 nitrogen and oxygen atoms in total. The third-order valence-corrected chi connectivity index (χ3v) is 3.31. The van der Waals surface area contributed by atoms with Gasteiger partial charge in [0.25, 0.3) is 5.24 Å². The lowest BCUT2D eigenvalue weighted by atomic mass is 10.2. The van der Waals surface area contributed by atoms with Gasteiger partial charge in [-0.15, -0.1) is 0 Å². The van der Waals surface area contributed by atoms with Gasteiger partial charge in [-0.05, 0) is 20.3 Å². The highest BCUT2D eigenvalue weighted by Crippen LogP contribution is 2.16. The summed E-state index contributed by atoms with van der Waals surface area (Å²) < 4.78 is 0. The number of aliphatic hydroxyl groups is 1. The topological polar surface area (TPSA) is 69.6 Å². The summed E-state index contributed by atoms with van der Waals surface area (Å²) in [6.07, 6.45) is 0.567. The van der Waals surface area contributed by atoms with E-state index in [0.717, 1.165) is 11.8 Å². The van der Waals surface area contributed by atoms with Crippen LogP contribution in [0.1, 0.15) is 20.3 Å². The van der Waals surface area contributed by atoms with Crippen molar-refractivity contribution in [3.05, 3.63) is 0 Å². The van der Waals surface area contributed by atoms with Gasteiger partial charge in [0.2, 0.25) is 5.91 Å². The minimum atomic E-state index is -0.404. The predicted octanol–water partition coefficient (Wildman–Crippen LogP) is 0.431. The van der Waals surface area contributed by atoms with Crippen molar-refractivity contribution in [2.45, 2.75) is 32.4 Å². The van der Waals surface area contributed by atoms with Crippen molar-refractivity contribution in [2.75, 3.05) is 18.9 Å². The van der Waals surface area contributed by atoms with Crippen LogP contribution in [0.4, 0.5) is 4.79 Å². The van der Waals surface area contributed by atoms with Crippen LogP contribution in [-0.4, -0.2) is 52.1 Å². The Labute approximate surface area is 99.6 Å². The van der Waals surface area contributed by atoms with Crippen LogP contribution in [0.5, 0.6) is 0 Å². The molecule has 16 heavy (non-hydrogen) atoms. The molecular formula is C10H18N2O3S. The van der Waals surface area contributed by atoms with Crippen LogP contribution < -0.4 is 5.32 Å². The average Bonchev–Trinajstić information content (AvgIpc) is 2.64. The van der Waals surface area contributed by atoms with Gasteiger partial charge < -0.3 is 15.3 Å². The zero-order valence-corrected chi connectivity index (χ0v) is 10.4. The molecule has 6 heteroatoms. The van der Waals surface area contributed by atoms with E-state index in [1.165, 1.54) is 0 Å². The van der Waals surface area contributed by atoms with Gasteiger partial charge in [-0.25, -0.2) is 0 Å². The van der Waals surface area contributed by atoms with Gasteiger partial charge in [0, 0.05) is 24.9 Å². The van der Waals surface area contributed by atoms with E-state index in [4.69, 9.17) is 5.11 Å². The lowest BCUT2D eigenvalue weighted by Crippen LogP contribution is -2.48. The van der Waals surface area contributed by atoms with Gasteiger partial charge >= 0.3 is 0 Å². The van der Waals surface area contributed by atoms with Gasteiger partial charge in [0.15, 0.2) is 0 Å². The molecule has 0 saturated carbocycles. The third-order valence-electron chi connectivity index (χ3n) is 2.43. The highest BCUT2D eigenvalue weighted by atomic mass is 32.2. The average molecular weight is 246 g/mol. The number of carbonyl (C=O) groups is 2. The second-order valence-electron chi connectivity index (χ2n) is 4.00. The summed E-state index contributed by atoms with van der Waals surface area (Å²) in [5.41, 5.74) is 0. The van der Waals surface area contributed by atoms with Crippen LogP contribution in [-0.2, 0) is 4.79 Å². The van der Waals surface area contributed by atoms with Gasteiger partial charge in [-0.3, -0.25) is 9.59 Å². The number of hydrogen-bond acceptors (Lipinski definition) is 4. The number of aliphatic hydroxyl groups excluding tert-OH is 1. The van der Waals surface area contributed by atoms with Crippen LogP contribution in [0.3, 0.4) is 0 Å². The fourth-order valence-electron chi connectivity index (χ4n) is 1.58. The van der Waals surface area contributed by atoms with Crippen LogP contribution in [0, 0.1) is 0 Å². The molecule has 1 aliphatic rings. The van der Waals surface area contributed by atoms with Crippen molar-refractivity contribution >= 4 is 22.9 Å². The molecule has 2 amide bonds. The zero-order valence-electron chi connectivity index (χ0n) is 9.60. The first-order valence-electron chi connectivity index (χ1n) is 5.41. The van der Waals surface area contributed by atoms with Crippen molar-refractivity contribution in [3.8, 4) is 0 Å². The second-order valence-corrected chi connectivity index (χ2v) is 4.99. The molecule has 0 aliphatic carbocycles. The SMILES string of the molecule is CC(C)N(CCCO)C(=O)C1CSC(=O)N1. The summed E-state index contributed by atoms with van der Waals surface area (Å²) in [5.74, 6) is 0.446. The summed E-state index contributed by atoms with van der Waals surface area (Å²) in [7, 11) is 0. The molecule has 1 aliphatic heterocycles. The maximum absolute atomic E-state index is 12.1. The molecule has 1 fully saturated rings. The van der Waals surface area contributed by atoms with Crippen LogP contribution in [0.15, 0.2) is 0 Å². The number of rotatable bonds is 5. The van der Waals surface area contributed by atoms with Crippen molar-refractivity contribution < 1.29 is 14.7 Å². The molecular weight excluding hydrogens is 228 g/mol. The van der Waals surface area contributed by atoms with Crippen molar-refractivity contribution in [2.24, 2.45) is 0 Å². The first kappa shape index (κ1) is 13.3. The predicted molar refractivity (Wildman–Crippen MR) is 63.3 cm³/mol. The molecule has 2 N–H and O–H groups in total. The van der Waals surface area contributed by atoms with E-state index >= 15 is 0 Å². The van der Waals surface area contributed by atoms with Crippen molar-refractivity contribution in [3.63, 3.8) is 0 Å². The molecule has 0 spiro atoms. The molecule has 1 rings (SSSR count). The van der Waals surface area contributed by atoms with E-state index < -0.39 is 6.04 Å². The number of hydrogen-bond donors (Lipinski definition) is 2. The van der Waals surface area contributed by atoms with Crippen LogP contribution >= 0.6 is 11.8 Å². The molecule has 1 atom stereocenters. The Bertz CT molecular complexity index is 271. The quantitative estimate of drug-likeness (QED) is 0.738. The Morgan fingerprint density at radius 1 is 1.69 bits per heavy atom. The Balaban J connectivity index is 2.56. The fraction of sp³-hybridized carbons (Fsp3) is 0.800. The summed E-state index contributed by atoms with van der Waals surface area (Å²) in [6.45, 7) is 4.46. The van der Waals surface area contributed by atoms with Gasteiger partial charge in [0.05, 0.1) is 0 Å². The summed E-state index contributed by atoms with van der Waals surface area (Å²) >= 11 is 1.14. The standard InChI is InChI=1S/C10H18N2O3S/c1-7(2)12(4-3-5-13)9(14)8-6-16-10(15)11-8/h7-8,13H,3-6H2,1-2H3,(H,11,15). The number of carbonyl (C=O) groups excluding carboxylic acids is 2. The zero-order chi connectivity index (χ0) is 12.1. The Morgan fingerprint density at radius 2 is 2.38 bits per heavy atom. The number of nitrogens with one attached hydrogen (secondary N) is 1. The highest BCUT2D eigenvalue weighted by Gasteiger charge is 2.32. The molecule has 0 aromatic carbocycles. The van der Waals surface area contributed by atoms with E-state index in [2.05, 4.69) is 5.32 Å². The van der Waals surface area contributed by atoms with Crippen LogP contribution in [0.2, 0.25) is 0 Å². The van der Waals surface area contributed by atoms with Crippen molar-refractivity contribution in [1.29, 1.82) is 0 Å². The molecule has 92 valence electrons. The Kier molecular flexibility index (Phi) is 5.08. The summed E-state index contributed by atoms with van der Waals surface area (Å²) in [5, 5.41) is 11.3. The molecule has 0 aromatic heterocycles. The largest absolute Gasteiger partial charge is 0.396 e. The van der Waals surface area contributed by atoms with E-state index in [0.29, 0.717) is 18.7 Å². The molecule has 0 radical (unpaired) electrons. The van der Waals surface area contributed by atoms with Gasteiger partial charge in [-0.2, -0.15) is 0 Å². The Morgan fingerprint density at radius 3 is 2.81 bits per heavy atom. The minimum Gasteiger partial charge on any atom is -0.396 e. The van der Waals surface area contributed by atoms with Crippen molar-refractivity contribution in [1.82, 2.24) is 10.2 Å². The monoisotopic (exact) mass is 246 g/mol. The first-order valence-corrected chi connectivity index (χ1v) is 6.39. The smallest absolute Gasteiger partial charge is 0.279 e. The highest BCUT2D eigenvalue weighted by molar-refractivity contribution is 8.14. The van der Waals surface area contributed by atoms with Gasteiger partial charge in [0.1, 0.15) is 6.04 Å². The second kappa shape index (κ2) is 6.10. The summed E-state index contributed by atoms with van der Waals surface area (Å²) in [6, 6.07) is -0.319. The minimum absolute atomic E-state index is 0.0539. The molecule has 1 heterocycles. The summed E-state index contributed by atoms with van der Waals surface area (Å²) in [4.78, 5) is 24.8.